The van der Waals surface area contributed by atoms with Crippen molar-refractivity contribution in [1.29, 1.82) is 5.26 Å². The Labute approximate surface area is 87.7 Å². The van der Waals surface area contributed by atoms with Crippen LogP contribution in [0.15, 0.2) is 18.2 Å². The third-order valence-corrected chi connectivity index (χ3v) is 2.99. The van der Waals surface area contributed by atoms with E-state index >= 15 is 0 Å². The van der Waals surface area contributed by atoms with Crippen molar-refractivity contribution >= 4 is 10.9 Å². The zero-order chi connectivity index (χ0) is 10.3. The van der Waals surface area contributed by atoms with Gasteiger partial charge in [-0.15, -0.1) is 0 Å². The molecule has 1 aromatic heterocycles. The van der Waals surface area contributed by atoms with Crippen molar-refractivity contribution in [3.63, 3.8) is 0 Å². The highest BCUT2D eigenvalue weighted by Gasteiger charge is 2.16. The highest BCUT2D eigenvalue weighted by molar-refractivity contribution is 5.89. The molecule has 0 spiro atoms. The van der Waals surface area contributed by atoms with Crippen LogP contribution in [-0.4, -0.2) is 11.5 Å². The minimum Gasteiger partial charge on any atom is -0.346 e. The number of rotatable bonds is 0. The van der Waals surface area contributed by atoms with E-state index in [1.165, 1.54) is 16.5 Å². The lowest BCUT2D eigenvalue weighted by atomic mass is 10.0. The summed E-state index contributed by atoms with van der Waals surface area (Å²) in [5, 5.41) is 13.7. The Morgan fingerprint density at radius 2 is 2.27 bits per heavy atom. The number of hydrogen-bond acceptors (Lipinski definition) is 2. The molecule has 0 amide bonds. The summed E-state index contributed by atoms with van der Waals surface area (Å²) in [5.41, 5.74) is 4.27. The number of H-pyrrole nitrogens is 1. The minimum atomic E-state index is 0.723. The van der Waals surface area contributed by atoms with Gasteiger partial charge in [-0.3, -0.25) is 0 Å². The van der Waals surface area contributed by atoms with Gasteiger partial charge >= 0.3 is 0 Å². The van der Waals surface area contributed by atoms with E-state index in [0.29, 0.717) is 0 Å². The summed E-state index contributed by atoms with van der Waals surface area (Å²) in [7, 11) is 0. The Morgan fingerprint density at radius 3 is 3.13 bits per heavy atom. The highest BCUT2D eigenvalue weighted by atomic mass is 14.9. The molecule has 0 bridgehead atoms. The molecule has 0 atom stereocenters. The predicted octanol–water partition coefficient (Wildman–Crippen LogP) is 1.69. The zero-order valence-electron chi connectivity index (χ0n) is 8.30. The number of nitrogens with zero attached hydrogens (tertiary/aromatic N) is 1. The molecule has 2 aromatic rings. The van der Waals surface area contributed by atoms with Crippen molar-refractivity contribution in [3.05, 3.63) is 35.0 Å². The van der Waals surface area contributed by atoms with Crippen LogP contribution in [0.25, 0.3) is 10.9 Å². The van der Waals surface area contributed by atoms with Crippen LogP contribution in [0.5, 0.6) is 0 Å². The minimum absolute atomic E-state index is 0.723. The van der Waals surface area contributed by atoms with Crippen LogP contribution in [0.2, 0.25) is 0 Å². The fraction of sp³-hybridized carbons (Fsp3) is 0.250. The lowest BCUT2D eigenvalue weighted by Gasteiger charge is -2.00. The summed E-state index contributed by atoms with van der Waals surface area (Å²) < 4.78 is 0. The second kappa shape index (κ2) is 3.11. The maximum absolute atomic E-state index is 9.06. The van der Waals surface area contributed by atoms with Crippen molar-refractivity contribution in [2.24, 2.45) is 0 Å². The molecular formula is C12H11N3. The molecule has 3 nitrogen and oxygen atoms in total. The summed E-state index contributed by atoms with van der Waals surface area (Å²) in [4.78, 5) is 3.18. The van der Waals surface area contributed by atoms with Crippen LogP contribution in [0.1, 0.15) is 16.8 Å². The molecule has 3 rings (SSSR count). The molecule has 1 aliphatic heterocycles. The topological polar surface area (TPSA) is 51.6 Å². The summed E-state index contributed by atoms with van der Waals surface area (Å²) in [5.74, 6) is 0. The van der Waals surface area contributed by atoms with Gasteiger partial charge in [0.15, 0.2) is 0 Å². The molecule has 0 fully saturated rings. The van der Waals surface area contributed by atoms with E-state index in [1.807, 2.05) is 12.1 Å². The molecule has 0 saturated carbocycles. The maximum Gasteiger partial charge on any atom is 0.121 e. The fourth-order valence-electron chi connectivity index (χ4n) is 2.32. The van der Waals surface area contributed by atoms with Crippen LogP contribution in [-0.2, 0) is 13.0 Å². The molecule has 0 aliphatic carbocycles. The van der Waals surface area contributed by atoms with Crippen molar-refractivity contribution in [3.8, 4) is 6.07 Å². The first-order valence-electron chi connectivity index (χ1n) is 5.13. The van der Waals surface area contributed by atoms with E-state index in [9.17, 15) is 0 Å². The number of aromatic amines is 1. The summed E-state index contributed by atoms with van der Waals surface area (Å²) in [6.07, 6.45) is 0.930. The number of nitriles is 1. The molecule has 2 heterocycles. The van der Waals surface area contributed by atoms with Crippen LogP contribution in [0.3, 0.4) is 0 Å². The largest absolute Gasteiger partial charge is 0.346 e. The SMILES string of the molecule is N#Cc1[nH]c2cccc3c2c1CCNC3. The lowest BCUT2D eigenvalue weighted by Crippen LogP contribution is -2.14. The van der Waals surface area contributed by atoms with Gasteiger partial charge in [0.25, 0.3) is 0 Å². The van der Waals surface area contributed by atoms with Crippen LogP contribution in [0, 0.1) is 11.3 Å². The van der Waals surface area contributed by atoms with E-state index in [1.54, 1.807) is 0 Å². The quantitative estimate of drug-likeness (QED) is 0.675. The summed E-state index contributed by atoms with van der Waals surface area (Å²) in [6.45, 7) is 1.84. The van der Waals surface area contributed by atoms with Gasteiger partial charge in [-0.05, 0) is 30.2 Å². The predicted molar refractivity (Wildman–Crippen MR) is 58.4 cm³/mol. The first-order chi connectivity index (χ1) is 7.40. The maximum atomic E-state index is 9.06. The van der Waals surface area contributed by atoms with Crippen molar-refractivity contribution in [2.45, 2.75) is 13.0 Å². The van der Waals surface area contributed by atoms with E-state index in [2.05, 4.69) is 22.4 Å². The van der Waals surface area contributed by atoms with Crippen LogP contribution in [0.4, 0.5) is 0 Å². The molecule has 2 N–H and O–H groups in total. The van der Waals surface area contributed by atoms with Gasteiger partial charge in [0.1, 0.15) is 11.8 Å². The Bertz CT molecular complexity index is 560. The smallest absolute Gasteiger partial charge is 0.121 e. The standard InChI is InChI=1S/C12H11N3/c13-6-11-9-4-5-14-7-8-2-1-3-10(15-11)12(8)9/h1-3,14-15H,4-5,7H2. The normalized spacial score (nSPS) is 14.9. The van der Waals surface area contributed by atoms with Gasteiger partial charge in [0, 0.05) is 17.4 Å². The molecule has 0 unspecified atom stereocenters. The third kappa shape index (κ3) is 1.15. The molecular weight excluding hydrogens is 186 g/mol. The summed E-state index contributed by atoms with van der Waals surface area (Å²) >= 11 is 0. The second-order valence-corrected chi connectivity index (χ2v) is 3.86. The van der Waals surface area contributed by atoms with Crippen molar-refractivity contribution in [1.82, 2.24) is 10.3 Å². The van der Waals surface area contributed by atoms with Gasteiger partial charge < -0.3 is 10.3 Å². The van der Waals surface area contributed by atoms with E-state index in [4.69, 9.17) is 5.26 Å². The van der Waals surface area contributed by atoms with Gasteiger partial charge in [-0.1, -0.05) is 12.1 Å². The number of benzene rings is 1. The first-order valence-corrected chi connectivity index (χ1v) is 5.13. The Balaban J connectivity index is 2.43. The Kier molecular flexibility index (Phi) is 1.77. The number of hydrogen-bond donors (Lipinski definition) is 2. The Morgan fingerprint density at radius 1 is 1.33 bits per heavy atom. The molecule has 3 heteroatoms. The first kappa shape index (κ1) is 8.51. The van der Waals surface area contributed by atoms with Gasteiger partial charge in [-0.2, -0.15) is 5.26 Å². The van der Waals surface area contributed by atoms with E-state index in [-0.39, 0.29) is 0 Å². The number of nitrogens with one attached hydrogen (secondary N) is 2. The highest BCUT2D eigenvalue weighted by Crippen LogP contribution is 2.27. The van der Waals surface area contributed by atoms with Crippen LogP contribution >= 0.6 is 0 Å². The summed E-state index contributed by atoms with van der Waals surface area (Å²) in [6, 6.07) is 8.44. The monoisotopic (exact) mass is 197 g/mol. The van der Waals surface area contributed by atoms with Crippen LogP contribution < -0.4 is 5.32 Å². The molecule has 1 aromatic carbocycles. The fourth-order valence-corrected chi connectivity index (χ4v) is 2.32. The third-order valence-electron chi connectivity index (χ3n) is 2.99. The average molecular weight is 197 g/mol. The molecule has 74 valence electrons. The van der Waals surface area contributed by atoms with Gasteiger partial charge in [0.05, 0.1) is 0 Å². The molecule has 0 saturated heterocycles. The zero-order valence-corrected chi connectivity index (χ0v) is 8.30. The van der Waals surface area contributed by atoms with E-state index in [0.717, 1.165) is 30.7 Å². The molecule has 0 radical (unpaired) electrons. The second-order valence-electron chi connectivity index (χ2n) is 3.86. The van der Waals surface area contributed by atoms with Crippen molar-refractivity contribution in [2.75, 3.05) is 6.54 Å². The molecule has 15 heavy (non-hydrogen) atoms. The van der Waals surface area contributed by atoms with Gasteiger partial charge in [0.2, 0.25) is 0 Å². The molecule has 1 aliphatic rings. The number of aromatic nitrogens is 1. The van der Waals surface area contributed by atoms with Crippen molar-refractivity contribution < 1.29 is 0 Å². The average Bonchev–Trinajstić information content (AvgIpc) is 2.47. The Hall–Kier alpha value is -1.79. The lowest BCUT2D eigenvalue weighted by molar-refractivity contribution is 0.701. The van der Waals surface area contributed by atoms with Gasteiger partial charge in [-0.25, -0.2) is 0 Å². The van der Waals surface area contributed by atoms with E-state index < -0.39 is 0 Å².